The van der Waals surface area contributed by atoms with Crippen LogP contribution in [-0.2, 0) is 4.74 Å². The Bertz CT molecular complexity index is 900. The molecule has 1 aliphatic rings. The SMILES string of the molecule is CC(C)C(C)C(F)(F)Oc1ccc(N=C/C(=C\N)C2=CCN(C(=O)OC(C)(C)C)CC2)cc1. The fourth-order valence-corrected chi connectivity index (χ4v) is 3.04. The molecule has 0 aromatic heterocycles. The molecular formula is C25H35F2N3O3. The number of halogens is 2. The second-order valence-corrected chi connectivity index (χ2v) is 9.48. The zero-order chi connectivity index (χ0) is 24.8. The van der Waals surface area contributed by atoms with Crippen LogP contribution in [0.1, 0.15) is 48.0 Å². The van der Waals surface area contributed by atoms with Gasteiger partial charge >= 0.3 is 12.2 Å². The van der Waals surface area contributed by atoms with E-state index in [0.717, 1.165) is 11.1 Å². The van der Waals surface area contributed by atoms with E-state index in [0.29, 0.717) is 25.2 Å². The molecule has 33 heavy (non-hydrogen) atoms. The maximum Gasteiger partial charge on any atom is 0.410 e. The Morgan fingerprint density at radius 2 is 1.82 bits per heavy atom. The number of hydrogen-bond acceptors (Lipinski definition) is 5. The van der Waals surface area contributed by atoms with E-state index in [1.165, 1.54) is 25.3 Å². The Morgan fingerprint density at radius 1 is 1.18 bits per heavy atom. The summed E-state index contributed by atoms with van der Waals surface area (Å²) in [4.78, 5) is 18.2. The lowest BCUT2D eigenvalue weighted by atomic mass is 9.97. The van der Waals surface area contributed by atoms with Crippen molar-refractivity contribution in [3.05, 3.63) is 47.7 Å². The molecular weight excluding hydrogens is 428 g/mol. The Kier molecular flexibility index (Phi) is 8.63. The van der Waals surface area contributed by atoms with Crippen LogP contribution in [0, 0.1) is 11.8 Å². The highest BCUT2D eigenvalue weighted by molar-refractivity contribution is 5.86. The fraction of sp³-hybridized carbons (Fsp3) is 0.520. The van der Waals surface area contributed by atoms with Crippen molar-refractivity contribution < 1.29 is 23.0 Å². The van der Waals surface area contributed by atoms with Gasteiger partial charge in [-0.1, -0.05) is 26.8 Å². The molecule has 2 N–H and O–H groups in total. The lowest BCUT2D eigenvalue weighted by molar-refractivity contribution is -0.220. The van der Waals surface area contributed by atoms with Crippen LogP contribution in [0.3, 0.4) is 0 Å². The van der Waals surface area contributed by atoms with Gasteiger partial charge < -0.3 is 20.1 Å². The van der Waals surface area contributed by atoms with Gasteiger partial charge in [-0.2, -0.15) is 8.78 Å². The van der Waals surface area contributed by atoms with Crippen LogP contribution in [0.4, 0.5) is 19.3 Å². The molecule has 1 heterocycles. The summed E-state index contributed by atoms with van der Waals surface area (Å²) in [5, 5.41) is 0. The highest BCUT2D eigenvalue weighted by atomic mass is 19.3. The fourth-order valence-electron chi connectivity index (χ4n) is 3.04. The summed E-state index contributed by atoms with van der Waals surface area (Å²) >= 11 is 0. The van der Waals surface area contributed by atoms with Crippen molar-refractivity contribution in [3.63, 3.8) is 0 Å². The molecule has 1 atom stereocenters. The lowest BCUT2D eigenvalue weighted by Gasteiger charge is -2.29. The number of ether oxygens (including phenoxy) is 2. The summed E-state index contributed by atoms with van der Waals surface area (Å²) in [5.74, 6) is -1.05. The van der Waals surface area contributed by atoms with Crippen LogP contribution >= 0.6 is 0 Å². The third kappa shape index (κ3) is 7.87. The average molecular weight is 464 g/mol. The predicted molar refractivity (Wildman–Crippen MR) is 127 cm³/mol. The van der Waals surface area contributed by atoms with E-state index in [-0.39, 0.29) is 17.8 Å². The third-order valence-corrected chi connectivity index (χ3v) is 5.38. The number of alkyl halides is 2. The molecule has 0 aliphatic carbocycles. The molecule has 1 unspecified atom stereocenters. The van der Waals surface area contributed by atoms with E-state index >= 15 is 0 Å². The molecule has 0 radical (unpaired) electrons. The van der Waals surface area contributed by atoms with Crippen molar-refractivity contribution in [2.45, 2.75) is 59.7 Å². The number of nitrogens with two attached hydrogens (primary N) is 1. The predicted octanol–water partition coefficient (Wildman–Crippen LogP) is 6.06. The first kappa shape index (κ1) is 26.4. The maximum absolute atomic E-state index is 14.2. The summed E-state index contributed by atoms with van der Waals surface area (Å²) in [5.41, 5.74) is 7.53. The number of allylic oxidation sites excluding steroid dienone is 1. The normalized spacial score (nSPS) is 16.7. The van der Waals surface area contributed by atoms with Gasteiger partial charge in [-0.15, -0.1) is 0 Å². The summed E-state index contributed by atoms with van der Waals surface area (Å²) in [7, 11) is 0. The first-order valence-corrected chi connectivity index (χ1v) is 11.1. The van der Waals surface area contributed by atoms with E-state index in [2.05, 4.69) is 4.99 Å². The molecule has 182 valence electrons. The molecule has 6 nitrogen and oxygen atoms in total. The van der Waals surface area contributed by atoms with Crippen molar-refractivity contribution in [2.24, 2.45) is 22.6 Å². The highest BCUT2D eigenvalue weighted by Gasteiger charge is 2.40. The Balaban J connectivity index is 2.00. The van der Waals surface area contributed by atoms with Gasteiger partial charge in [0.15, 0.2) is 0 Å². The molecule has 1 aromatic rings. The number of amides is 1. The van der Waals surface area contributed by atoms with Gasteiger partial charge in [0.25, 0.3) is 0 Å². The van der Waals surface area contributed by atoms with E-state index in [1.54, 1.807) is 37.1 Å². The maximum atomic E-state index is 14.2. The summed E-state index contributed by atoms with van der Waals surface area (Å²) in [6, 6.07) is 6.15. The molecule has 0 fully saturated rings. The number of benzene rings is 1. The van der Waals surface area contributed by atoms with Crippen LogP contribution < -0.4 is 10.5 Å². The van der Waals surface area contributed by atoms with Gasteiger partial charge in [0.05, 0.1) is 11.6 Å². The molecule has 1 amide bonds. The van der Waals surface area contributed by atoms with Crippen molar-refractivity contribution in [2.75, 3.05) is 13.1 Å². The van der Waals surface area contributed by atoms with Crippen molar-refractivity contribution in [3.8, 4) is 5.75 Å². The largest absolute Gasteiger partial charge is 0.444 e. The summed E-state index contributed by atoms with van der Waals surface area (Å²) in [6.07, 6.45) is 2.02. The van der Waals surface area contributed by atoms with Gasteiger partial charge in [0, 0.05) is 31.1 Å². The average Bonchev–Trinajstić information content (AvgIpc) is 2.73. The zero-order valence-electron chi connectivity index (χ0n) is 20.3. The van der Waals surface area contributed by atoms with E-state index in [9.17, 15) is 13.6 Å². The van der Waals surface area contributed by atoms with Gasteiger partial charge in [-0.25, -0.2) is 4.79 Å². The second-order valence-electron chi connectivity index (χ2n) is 9.48. The number of aliphatic imine (C=N–C) groups is 1. The van der Waals surface area contributed by atoms with Crippen molar-refractivity contribution in [1.82, 2.24) is 4.90 Å². The number of nitrogens with zero attached hydrogens (tertiary/aromatic N) is 2. The van der Waals surface area contributed by atoms with Crippen LogP contribution in [0.2, 0.25) is 0 Å². The van der Waals surface area contributed by atoms with Crippen LogP contribution in [0.25, 0.3) is 0 Å². The second kappa shape index (κ2) is 10.8. The number of carbonyl (C=O) groups excluding carboxylic acids is 1. The molecule has 0 saturated heterocycles. The minimum absolute atomic E-state index is 0.0817. The van der Waals surface area contributed by atoms with Gasteiger partial charge in [-0.3, -0.25) is 4.99 Å². The number of hydrogen-bond donors (Lipinski definition) is 1. The van der Waals surface area contributed by atoms with Gasteiger partial charge in [0.1, 0.15) is 11.4 Å². The van der Waals surface area contributed by atoms with E-state index in [4.69, 9.17) is 15.2 Å². The molecule has 1 aliphatic heterocycles. The molecule has 1 aromatic carbocycles. The Hall–Kier alpha value is -2.90. The van der Waals surface area contributed by atoms with Gasteiger partial charge in [0.2, 0.25) is 0 Å². The highest BCUT2D eigenvalue weighted by Crippen LogP contribution is 2.33. The number of rotatable bonds is 7. The van der Waals surface area contributed by atoms with Crippen molar-refractivity contribution >= 4 is 18.0 Å². The molecule has 2 rings (SSSR count). The van der Waals surface area contributed by atoms with Crippen LogP contribution in [-0.4, -0.2) is 42.0 Å². The first-order chi connectivity index (χ1) is 15.3. The van der Waals surface area contributed by atoms with Crippen molar-refractivity contribution in [1.29, 1.82) is 0 Å². The van der Waals surface area contributed by atoms with Gasteiger partial charge in [-0.05, 0) is 62.9 Å². The standard InChI is InChI=1S/C25H35F2N3O3/c1-17(2)18(3)25(26,27)32-22-9-7-21(8-10-22)29-16-20(15-28)19-11-13-30(14-12-19)23(31)33-24(4,5)6/h7-11,15-18H,12-14,28H2,1-6H3/b20-15+,29-16?. The van der Waals surface area contributed by atoms with Crippen LogP contribution in [0.15, 0.2) is 52.7 Å². The molecule has 0 saturated carbocycles. The zero-order valence-corrected chi connectivity index (χ0v) is 20.3. The molecule has 8 heteroatoms. The monoisotopic (exact) mass is 463 g/mol. The first-order valence-electron chi connectivity index (χ1n) is 11.1. The van der Waals surface area contributed by atoms with Crippen LogP contribution in [0.5, 0.6) is 5.75 Å². The minimum Gasteiger partial charge on any atom is -0.444 e. The Morgan fingerprint density at radius 3 is 2.30 bits per heavy atom. The smallest absolute Gasteiger partial charge is 0.410 e. The molecule has 0 spiro atoms. The topological polar surface area (TPSA) is 77.2 Å². The Labute approximate surface area is 195 Å². The summed E-state index contributed by atoms with van der Waals surface area (Å²) in [6.45, 7) is 11.4. The number of carbonyl (C=O) groups is 1. The minimum atomic E-state index is -3.25. The molecule has 0 bridgehead atoms. The lowest BCUT2D eigenvalue weighted by Crippen LogP contribution is -2.39. The van der Waals surface area contributed by atoms with E-state index < -0.39 is 17.6 Å². The van der Waals surface area contributed by atoms with E-state index in [1.807, 2.05) is 26.8 Å². The summed E-state index contributed by atoms with van der Waals surface area (Å²) < 4.78 is 38.7. The third-order valence-electron chi connectivity index (χ3n) is 5.38. The quantitative estimate of drug-likeness (QED) is 0.499.